The molecular formula is C33H45F3N2O3Si. The van der Waals surface area contributed by atoms with E-state index in [4.69, 9.17) is 14.1 Å². The van der Waals surface area contributed by atoms with Crippen molar-refractivity contribution in [3.63, 3.8) is 0 Å². The Morgan fingerprint density at radius 3 is 2.36 bits per heavy atom. The summed E-state index contributed by atoms with van der Waals surface area (Å²) in [5, 5.41) is 12.0. The van der Waals surface area contributed by atoms with Crippen LogP contribution < -0.4 is 0 Å². The van der Waals surface area contributed by atoms with E-state index < -0.39 is 26.3 Å². The molecule has 2 aromatic heterocycles. The largest absolute Gasteiger partial charge is 0.433 e. The second-order valence-electron chi connectivity index (χ2n) is 14.3. The summed E-state index contributed by atoms with van der Waals surface area (Å²) in [7, 11) is -2.20. The Balaban J connectivity index is 1.75. The van der Waals surface area contributed by atoms with Crippen LogP contribution in [0.15, 0.2) is 24.4 Å². The van der Waals surface area contributed by atoms with Crippen molar-refractivity contribution in [2.24, 2.45) is 5.41 Å². The first-order valence-corrected chi connectivity index (χ1v) is 18.2. The van der Waals surface area contributed by atoms with Gasteiger partial charge >= 0.3 is 6.18 Å². The van der Waals surface area contributed by atoms with Crippen molar-refractivity contribution in [3.05, 3.63) is 63.7 Å². The Morgan fingerprint density at radius 2 is 1.86 bits per heavy atom. The molecule has 1 N–H and O–H groups in total. The van der Waals surface area contributed by atoms with E-state index in [1.165, 1.54) is 12.5 Å². The monoisotopic (exact) mass is 602 g/mol. The van der Waals surface area contributed by atoms with Crippen LogP contribution in [0.4, 0.5) is 13.2 Å². The molecule has 1 spiro atoms. The van der Waals surface area contributed by atoms with Crippen LogP contribution in [0.1, 0.15) is 124 Å². The van der Waals surface area contributed by atoms with Crippen molar-refractivity contribution in [2.75, 3.05) is 13.2 Å². The van der Waals surface area contributed by atoms with Crippen LogP contribution in [-0.2, 0) is 21.8 Å². The minimum Gasteiger partial charge on any atom is -0.410 e. The number of aliphatic hydroxyl groups is 1. The Bertz CT molecular complexity index is 1340. The summed E-state index contributed by atoms with van der Waals surface area (Å²) in [6.07, 6.45) is 3.34. The van der Waals surface area contributed by atoms with Gasteiger partial charge in [-0.2, -0.15) is 13.2 Å². The third kappa shape index (κ3) is 5.86. The van der Waals surface area contributed by atoms with Gasteiger partial charge < -0.3 is 14.3 Å². The third-order valence-electron chi connectivity index (χ3n) is 10.0. The molecule has 3 aliphatic rings. The van der Waals surface area contributed by atoms with E-state index in [9.17, 15) is 18.3 Å². The van der Waals surface area contributed by atoms with Crippen LogP contribution in [0, 0.1) is 5.41 Å². The summed E-state index contributed by atoms with van der Waals surface area (Å²) < 4.78 is 52.8. The van der Waals surface area contributed by atoms with E-state index in [1.807, 2.05) is 0 Å². The van der Waals surface area contributed by atoms with Crippen LogP contribution in [0.5, 0.6) is 0 Å². The highest BCUT2D eigenvalue weighted by Gasteiger charge is 2.49. The molecule has 0 amide bonds. The molecule has 2 aliphatic carbocycles. The fourth-order valence-electron chi connectivity index (χ4n) is 6.50. The summed E-state index contributed by atoms with van der Waals surface area (Å²) in [5.74, 6) is -0.0134. The average molecular weight is 603 g/mol. The zero-order valence-corrected chi connectivity index (χ0v) is 27.0. The lowest BCUT2D eigenvalue weighted by Crippen LogP contribution is -2.46. The molecule has 1 aliphatic heterocycles. The number of hydrogen-bond donors (Lipinski definition) is 1. The molecule has 1 fully saturated rings. The minimum atomic E-state index is -4.55. The van der Waals surface area contributed by atoms with E-state index in [0.717, 1.165) is 66.0 Å². The van der Waals surface area contributed by atoms with Crippen LogP contribution in [0.2, 0.25) is 18.1 Å². The summed E-state index contributed by atoms with van der Waals surface area (Å²) >= 11 is 0. The van der Waals surface area contributed by atoms with Gasteiger partial charge in [0.05, 0.1) is 19.3 Å². The maximum Gasteiger partial charge on any atom is 0.433 e. The predicted octanol–water partition coefficient (Wildman–Crippen LogP) is 8.68. The van der Waals surface area contributed by atoms with Gasteiger partial charge in [-0.05, 0) is 78.8 Å². The molecular weight excluding hydrogens is 557 g/mol. The first-order valence-electron chi connectivity index (χ1n) is 15.3. The predicted molar refractivity (Wildman–Crippen MR) is 161 cm³/mol. The topological polar surface area (TPSA) is 64.5 Å². The molecule has 3 heterocycles. The van der Waals surface area contributed by atoms with Crippen molar-refractivity contribution in [2.45, 2.75) is 116 Å². The standard InChI is InChI=1S/C33H45F3N2O3Si/c1-20(2)29-28(30(39)22-9-10-25(37-19-22)33(34,35)36)26(21-11-15-40-16-12-21)27-23(38-29)17-32(13-8-14-32)18-24(27)41-42(6,7)31(3,4)5/h9-11,19-20,24,30,39H,8,12-18H2,1-7H3/t24-,30+/m0/s1. The fraction of sp³-hybridized carbons (Fsp3) is 0.636. The molecule has 0 unspecified atom stereocenters. The van der Waals surface area contributed by atoms with Gasteiger partial charge in [-0.15, -0.1) is 0 Å². The lowest BCUT2D eigenvalue weighted by atomic mass is 9.59. The van der Waals surface area contributed by atoms with Gasteiger partial charge in [0.25, 0.3) is 0 Å². The highest BCUT2D eigenvalue weighted by molar-refractivity contribution is 6.74. The van der Waals surface area contributed by atoms with E-state index in [2.05, 4.69) is 58.8 Å². The zero-order valence-electron chi connectivity index (χ0n) is 26.0. The SMILES string of the molecule is CC(C)c1nc2c(c(C3=CCOCC3)c1[C@H](O)c1ccc(C(F)(F)F)nc1)[C@@H](O[Si](C)(C)C(C)(C)C)CC1(CCC1)C2. The summed E-state index contributed by atoms with van der Waals surface area (Å²) in [5.41, 5.74) is 5.11. The summed E-state index contributed by atoms with van der Waals surface area (Å²) in [4.78, 5) is 8.98. The van der Waals surface area contributed by atoms with Gasteiger partial charge in [-0.3, -0.25) is 9.97 Å². The number of ether oxygens (including phenoxy) is 1. The van der Waals surface area contributed by atoms with Gasteiger partial charge in [-0.25, -0.2) is 0 Å². The highest BCUT2D eigenvalue weighted by Crippen LogP contribution is 2.57. The van der Waals surface area contributed by atoms with E-state index in [0.29, 0.717) is 30.8 Å². The van der Waals surface area contributed by atoms with Crippen LogP contribution in [-0.4, -0.2) is 36.6 Å². The highest BCUT2D eigenvalue weighted by atomic mass is 28.4. The molecule has 5 nitrogen and oxygen atoms in total. The Morgan fingerprint density at radius 1 is 1.14 bits per heavy atom. The van der Waals surface area contributed by atoms with Gasteiger partial charge in [0, 0.05) is 34.3 Å². The number of rotatable bonds is 6. The Labute approximate surface area is 249 Å². The van der Waals surface area contributed by atoms with Crippen molar-refractivity contribution in [1.29, 1.82) is 0 Å². The first kappa shape index (κ1) is 31.4. The molecule has 2 aromatic rings. The average Bonchev–Trinajstić information content (AvgIpc) is 2.89. The molecule has 0 saturated heterocycles. The Hall–Kier alpha value is -2.07. The van der Waals surface area contributed by atoms with Gasteiger partial charge in [0.15, 0.2) is 8.32 Å². The van der Waals surface area contributed by atoms with Crippen LogP contribution >= 0.6 is 0 Å². The maximum absolute atomic E-state index is 13.3. The molecule has 0 radical (unpaired) electrons. The quantitative estimate of drug-likeness (QED) is 0.335. The lowest BCUT2D eigenvalue weighted by molar-refractivity contribution is -0.141. The van der Waals surface area contributed by atoms with Crippen molar-refractivity contribution < 1.29 is 27.4 Å². The minimum absolute atomic E-state index is 0.00897. The van der Waals surface area contributed by atoms with Crippen LogP contribution in [0.25, 0.3) is 5.57 Å². The second-order valence-corrected chi connectivity index (χ2v) is 19.1. The number of halogens is 3. The van der Waals surface area contributed by atoms with Crippen LogP contribution in [0.3, 0.4) is 0 Å². The van der Waals surface area contributed by atoms with E-state index in [-0.39, 0.29) is 22.5 Å². The molecule has 230 valence electrons. The van der Waals surface area contributed by atoms with Crippen molar-refractivity contribution >= 4 is 13.9 Å². The lowest BCUT2D eigenvalue weighted by Gasteiger charge is -2.51. The second kappa shape index (κ2) is 11.1. The fourth-order valence-corrected chi connectivity index (χ4v) is 7.76. The third-order valence-corrected chi connectivity index (χ3v) is 14.5. The molecule has 42 heavy (non-hydrogen) atoms. The molecule has 2 atom stereocenters. The molecule has 0 aromatic carbocycles. The summed E-state index contributed by atoms with van der Waals surface area (Å²) in [6, 6.07) is 2.27. The van der Waals surface area contributed by atoms with E-state index in [1.54, 1.807) is 0 Å². The molecule has 9 heteroatoms. The number of nitrogens with zero attached hydrogens (tertiary/aromatic N) is 2. The number of hydrogen-bond acceptors (Lipinski definition) is 5. The molecule has 5 rings (SSSR count). The van der Waals surface area contributed by atoms with Gasteiger partial charge in [-0.1, -0.05) is 53.2 Å². The normalized spacial score (nSPS) is 21.6. The van der Waals surface area contributed by atoms with Gasteiger partial charge in [0.1, 0.15) is 11.8 Å². The number of fused-ring (bicyclic) bond motifs is 1. The molecule has 1 saturated carbocycles. The summed E-state index contributed by atoms with van der Waals surface area (Å²) in [6.45, 7) is 16.5. The number of alkyl halides is 3. The maximum atomic E-state index is 13.3. The smallest absolute Gasteiger partial charge is 0.410 e. The van der Waals surface area contributed by atoms with Crippen molar-refractivity contribution in [1.82, 2.24) is 9.97 Å². The molecule has 0 bridgehead atoms. The number of aromatic nitrogens is 2. The van der Waals surface area contributed by atoms with Crippen molar-refractivity contribution in [3.8, 4) is 0 Å². The number of pyridine rings is 2. The zero-order chi connectivity index (χ0) is 30.7. The van der Waals surface area contributed by atoms with E-state index >= 15 is 0 Å². The van der Waals surface area contributed by atoms with Gasteiger partial charge in [0.2, 0.25) is 0 Å². The first-order chi connectivity index (χ1) is 19.5. The Kier molecular flexibility index (Phi) is 8.31. The number of aliphatic hydroxyl groups excluding tert-OH is 1.